The van der Waals surface area contributed by atoms with Crippen LogP contribution in [0, 0.1) is 11.6 Å². The fraction of sp³-hybridized carbons (Fsp3) is 0.200. The molecule has 0 fully saturated rings. The highest BCUT2D eigenvalue weighted by molar-refractivity contribution is 8.13. The van der Waals surface area contributed by atoms with Gasteiger partial charge in [-0.25, -0.2) is 17.2 Å². The van der Waals surface area contributed by atoms with Gasteiger partial charge in [0.15, 0.2) is 0 Å². The lowest BCUT2D eigenvalue weighted by Gasteiger charge is -1.96. The molecule has 0 aliphatic carbocycles. The van der Waals surface area contributed by atoms with Gasteiger partial charge in [0, 0.05) is 22.3 Å². The fourth-order valence-corrected chi connectivity index (χ4v) is 1.74. The normalized spacial score (nSPS) is 12.2. The molecule has 0 heterocycles. The van der Waals surface area contributed by atoms with E-state index in [-0.39, 0.29) is 17.7 Å². The third kappa shape index (κ3) is 4.72. The molecule has 0 spiro atoms. The van der Waals surface area contributed by atoms with Crippen molar-refractivity contribution >= 4 is 25.8 Å². The molecule has 1 aromatic rings. The van der Waals surface area contributed by atoms with E-state index < -0.39 is 20.7 Å². The van der Waals surface area contributed by atoms with E-state index in [4.69, 9.17) is 10.7 Å². The van der Waals surface area contributed by atoms with Crippen molar-refractivity contribution in [1.29, 1.82) is 0 Å². The summed E-state index contributed by atoms with van der Waals surface area (Å²) in [5, 5.41) is 0. The molecular formula is C10H9ClF2O2S. The molecule has 6 heteroatoms. The number of rotatable bonds is 4. The van der Waals surface area contributed by atoms with Crippen molar-refractivity contribution in [3.05, 3.63) is 41.5 Å². The second-order valence-electron chi connectivity index (χ2n) is 3.10. The van der Waals surface area contributed by atoms with E-state index >= 15 is 0 Å². The van der Waals surface area contributed by atoms with E-state index in [1.807, 2.05) is 0 Å². The van der Waals surface area contributed by atoms with Crippen LogP contribution in [-0.4, -0.2) is 14.2 Å². The summed E-state index contributed by atoms with van der Waals surface area (Å²) >= 11 is 0. The van der Waals surface area contributed by atoms with E-state index in [0.29, 0.717) is 0 Å². The second-order valence-corrected chi connectivity index (χ2v) is 6.00. The van der Waals surface area contributed by atoms with Crippen molar-refractivity contribution in [3.8, 4) is 0 Å². The molecule has 0 N–H and O–H groups in total. The summed E-state index contributed by atoms with van der Waals surface area (Å²) in [7, 11) is 1.45. The van der Waals surface area contributed by atoms with Gasteiger partial charge in [-0.05, 0) is 18.6 Å². The minimum atomic E-state index is -3.53. The van der Waals surface area contributed by atoms with Crippen molar-refractivity contribution in [1.82, 2.24) is 0 Å². The molecule has 0 unspecified atom stereocenters. The number of allylic oxidation sites excluding steroid dienone is 1. The van der Waals surface area contributed by atoms with Crippen molar-refractivity contribution < 1.29 is 17.2 Å². The highest BCUT2D eigenvalue weighted by Crippen LogP contribution is 2.11. The van der Waals surface area contributed by atoms with Gasteiger partial charge < -0.3 is 0 Å². The molecule has 1 rings (SSSR count). The van der Waals surface area contributed by atoms with Crippen LogP contribution >= 0.6 is 10.7 Å². The molecule has 0 atom stereocenters. The standard InChI is InChI=1S/C10H9ClF2O2S/c11-16(14,15)6-2-1-3-8-4-5-9(12)7-10(8)13/h1,3-5,7H,2,6H2/b3-1+. The summed E-state index contributed by atoms with van der Waals surface area (Å²) in [5.41, 5.74) is 0.202. The Labute approximate surface area is 97.0 Å². The molecule has 0 amide bonds. The molecule has 0 radical (unpaired) electrons. The Balaban J connectivity index is 2.63. The molecule has 0 aromatic heterocycles. The first-order valence-corrected chi connectivity index (χ1v) is 6.90. The van der Waals surface area contributed by atoms with Crippen LogP contribution in [0.3, 0.4) is 0 Å². The maximum Gasteiger partial charge on any atom is 0.232 e. The highest BCUT2D eigenvalue weighted by atomic mass is 35.7. The number of hydrogen-bond acceptors (Lipinski definition) is 2. The summed E-state index contributed by atoms with van der Waals surface area (Å²) in [6.07, 6.45) is 3.04. The molecule has 88 valence electrons. The first-order chi connectivity index (χ1) is 7.38. The summed E-state index contributed by atoms with van der Waals surface area (Å²) in [6, 6.07) is 3.16. The zero-order valence-corrected chi connectivity index (χ0v) is 9.73. The topological polar surface area (TPSA) is 34.1 Å². The zero-order chi connectivity index (χ0) is 12.2. The molecular weight excluding hydrogens is 258 g/mol. The maximum absolute atomic E-state index is 13.1. The Morgan fingerprint density at radius 3 is 2.56 bits per heavy atom. The van der Waals surface area contributed by atoms with E-state index in [9.17, 15) is 17.2 Å². The predicted octanol–water partition coefficient (Wildman–Crippen LogP) is 2.94. The molecule has 0 bridgehead atoms. The van der Waals surface area contributed by atoms with Gasteiger partial charge in [0.25, 0.3) is 0 Å². The van der Waals surface area contributed by atoms with E-state index in [1.165, 1.54) is 18.2 Å². The van der Waals surface area contributed by atoms with Crippen LogP contribution in [0.1, 0.15) is 12.0 Å². The van der Waals surface area contributed by atoms with Crippen LogP contribution in [-0.2, 0) is 9.05 Å². The van der Waals surface area contributed by atoms with Crippen LogP contribution in [0.25, 0.3) is 6.08 Å². The summed E-state index contributed by atoms with van der Waals surface area (Å²) in [6.45, 7) is 0. The molecule has 0 aliphatic rings. The van der Waals surface area contributed by atoms with Crippen LogP contribution in [0.2, 0.25) is 0 Å². The first-order valence-electron chi connectivity index (χ1n) is 4.42. The quantitative estimate of drug-likeness (QED) is 0.785. The van der Waals surface area contributed by atoms with Gasteiger partial charge >= 0.3 is 0 Å². The first kappa shape index (κ1) is 13.1. The molecule has 1 aromatic carbocycles. The smallest absolute Gasteiger partial charge is 0.212 e. The van der Waals surface area contributed by atoms with Crippen LogP contribution in [0.5, 0.6) is 0 Å². The van der Waals surface area contributed by atoms with Gasteiger partial charge in [0.05, 0.1) is 5.75 Å². The Bertz CT molecular complexity index is 498. The van der Waals surface area contributed by atoms with Crippen LogP contribution in [0.15, 0.2) is 24.3 Å². The third-order valence-corrected chi connectivity index (χ3v) is 2.97. The highest BCUT2D eigenvalue weighted by Gasteiger charge is 2.03. The number of benzene rings is 1. The number of hydrogen-bond donors (Lipinski definition) is 0. The largest absolute Gasteiger partial charge is 0.232 e. The zero-order valence-electron chi connectivity index (χ0n) is 8.16. The van der Waals surface area contributed by atoms with Gasteiger partial charge in [-0.3, -0.25) is 0 Å². The van der Waals surface area contributed by atoms with E-state index in [0.717, 1.165) is 12.1 Å². The van der Waals surface area contributed by atoms with Crippen LogP contribution < -0.4 is 0 Å². The summed E-state index contributed by atoms with van der Waals surface area (Å²) in [5.74, 6) is -1.56. The molecule has 16 heavy (non-hydrogen) atoms. The lowest BCUT2D eigenvalue weighted by Crippen LogP contribution is -1.94. The summed E-state index contributed by atoms with van der Waals surface area (Å²) in [4.78, 5) is 0. The molecule has 0 saturated carbocycles. The van der Waals surface area contributed by atoms with E-state index in [1.54, 1.807) is 0 Å². The molecule has 0 saturated heterocycles. The SMILES string of the molecule is O=S(=O)(Cl)CC/C=C/c1ccc(F)cc1F. The van der Waals surface area contributed by atoms with Crippen molar-refractivity contribution in [2.24, 2.45) is 0 Å². The van der Waals surface area contributed by atoms with Gasteiger partial charge in [0.2, 0.25) is 9.05 Å². The molecule has 2 nitrogen and oxygen atoms in total. The monoisotopic (exact) mass is 266 g/mol. The van der Waals surface area contributed by atoms with Crippen LogP contribution in [0.4, 0.5) is 8.78 Å². The predicted molar refractivity (Wildman–Crippen MR) is 59.6 cm³/mol. The minimum Gasteiger partial charge on any atom is -0.212 e. The van der Waals surface area contributed by atoms with Crippen molar-refractivity contribution in [3.63, 3.8) is 0 Å². The van der Waals surface area contributed by atoms with Gasteiger partial charge in [-0.2, -0.15) is 0 Å². The Morgan fingerprint density at radius 2 is 2.00 bits per heavy atom. The van der Waals surface area contributed by atoms with Gasteiger partial charge in [0.1, 0.15) is 11.6 Å². The lowest BCUT2D eigenvalue weighted by atomic mass is 10.2. The average molecular weight is 267 g/mol. The Kier molecular flexibility index (Phi) is 4.44. The lowest BCUT2D eigenvalue weighted by molar-refractivity contribution is 0.581. The van der Waals surface area contributed by atoms with Gasteiger partial charge in [-0.15, -0.1) is 0 Å². The number of halogens is 3. The maximum atomic E-state index is 13.1. The minimum absolute atomic E-state index is 0.183. The third-order valence-electron chi connectivity index (χ3n) is 1.79. The Hall–Kier alpha value is -0.940. The van der Waals surface area contributed by atoms with Crippen molar-refractivity contribution in [2.45, 2.75) is 6.42 Å². The molecule has 0 aliphatic heterocycles. The summed E-state index contributed by atoms with van der Waals surface area (Å²) < 4.78 is 46.7. The van der Waals surface area contributed by atoms with Gasteiger partial charge in [-0.1, -0.05) is 12.2 Å². The van der Waals surface area contributed by atoms with Crippen molar-refractivity contribution in [2.75, 3.05) is 5.75 Å². The fourth-order valence-electron chi connectivity index (χ4n) is 1.06. The Morgan fingerprint density at radius 1 is 1.31 bits per heavy atom. The second kappa shape index (κ2) is 5.41. The average Bonchev–Trinajstić information content (AvgIpc) is 2.13. The van der Waals surface area contributed by atoms with E-state index in [2.05, 4.69) is 0 Å².